The van der Waals surface area contributed by atoms with E-state index < -0.39 is 5.91 Å². The Morgan fingerprint density at radius 1 is 1.32 bits per heavy atom. The molecule has 5 nitrogen and oxygen atoms in total. The average molecular weight is 318 g/mol. The third-order valence-electron chi connectivity index (χ3n) is 2.86. The standard InChI is InChI=1S/C13H9BrN4O/c14-11-5-10(6-18-13(11)16-7-17-18)8-2-1-3-9(4-8)12(15)19/h1-7H,(H2,15,19)/p+1. The molecule has 94 valence electrons. The van der Waals surface area contributed by atoms with Gasteiger partial charge in [0, 0.05) is 11.1 Å². The maximum Gasteiger partial charge on any atom is 0.362 e. The van der Waals surface area contributed by atoms with Crippen LogP contribution in [0.1, 0.15) is 10.4 Å². The molecule has 0 unspecified atom stereocenters. The Hall–Kier alpha value is -2.21. The van der Waals surface area contributed by atoms with E-state index in [-0.39, 0.29) is 0 Å². The fourth-order valence-electron chi connectivity index (χ4n) is 1.94. The number of hydrogen-bond acceptors (Lipinski definition) is 2. The molecule has 0 bridgehead atoms. The summed E-state index contributed by atoms with van der Waals surface area (Å²) in [4.78, 5) is 15.4. The van der Waals surface area contributed by atoms with Crippen molar-refractivity contribution in [3.8, 4) is 11.1 Å². The van der Waals surface area contributed by atoms with Crippen LogP contribution in [0.15, 0.2) is 47.3 Å². The summed E-state index contributed by atoms with van der Waals surface area (Å²) in [7, 11) is 0. The lowest BCUT2D eigenvalue weighted by molar-refractivity contribution is -0.577. The van der Waals surface area contributed by atoms with Crippen molar-refractivity contribution in [2.45, 2.75) is 0 Å². The highest BCUT2D eigenvalue weighted by atomic mass is 79.9. The smallest absolute Gasteiger partial charge is 0.362 e. The second-order valence-corrected chi connectivity index (χ2v) is 4.96. The maximum atomic E-state index is 11.2. The zero-order valence-corrected chi connectivity index (χ0v) is 11.4. The topological polar surface area (TPSA) is 75.9 Å². The van der Waals surface area contributed by atoms with Crippen molar-refractivity contribution in [1.29, 1.82) is 0 Å². The van der Waals surface area contributed by atoms with Gasteiger partial charge in [-0.1, -0.05) is 12.1 Å². The van der Waals surface area contributed by atoms with Crippen LogP contribution in [-0.4, -0.2) is 16.0 Å². The summed E-state index contributed by atoms with van der Waals surface area (Å²) in [5, 5.41) is 2.99. The van der Waals surface area contributed by atoms with Crippen LogP contribution in [-0.2, 0) is 0 Å². The number of pyridine rings is 1. The number of rotatable bonds is 2. The van der Waals surface area contributed by atoms with Gasteiger partial charge in [-0.25, -0.2) is 0 Å². The highest BCUT2D eigenvalue weighted by molar-refractivity contribution is 9.10. The number of aromatic nitrogens is 3. The number of primary amides is 1. The molecule has 0 aliphatic rings. The second kappa shape index (κ2) is 4.47. The first-order valence-corrected chi connectivity index (χ1v) is 6.39. The number of carbonyl (C=O) groups excluding carboxylic acids is 1. The lowest BCUT2D eigenvalue weighted by Crippen LogP contribution is -2.23. The van der Waals surface area contributed by atoms with E-state index in [0.717, 1.165) is 21.2 Å². The first-order valence-electron chi connectivity index (χ1n) is 5.60. The molecule has 3 N–H and O–H groups in total. The van der Waals surface area contributed by atoms with Gasteiger partial charge in [-0.2, -0.15) is 5.10 Å². The zero-order valence-electron chi connectivity index (χ0n) is 9.80. The van der Waals surface area contributed by atoms with Gasteiger partial charge in [-0.05, 0) is 44.7 Å². The number of carbonyl (C=O) groups is 1. The quantitative estimate of drug-likeness (QED) is 0.705. The molecule has 2 heterocycles. The molecule has 1 aromatic carbocycles. The van der Waals surface area contributed by atoms with Crippen LogP contribution in [0, 0.1) is 0 Å². The molecule has 6 heteroatoms. The van der Waals surface area contributed by atoms with Gasteiger partial charge in [-0.3, -0.25) is 4.79 Å². The van der Waals surface area contributed by atoms with E-state index in [1.165, 1.54) is 0 Å². The summed E-state index contributed by atoms with van der Waals surface area (Å²) < 4.78 is 2.67. The van der Waals surface area contributed by atoms with Gasteiger partial charge in [-0.15, -0.1) is 4.52 Å². The van der Waals surface area contributed by atoms with E-state index in [0.29, 0.717) is 5.56 Å². The van der Waals surface area contributed by atoms with E-state index in [4.69, 9.17) is 5.73 Å². The van der Waals surface area contributed by atoms with Crippen LogP contribution in [0.2, 0.25) is 0 Å². The number of amides is 1. The van der Waals surface area contributed by atoms with Gasteiger partial charge in [0.1, 0.15) is 10.7 Å². The van der Waals surface area contributed by atoms with Crippen molar-refractivity contribution in [3.63, 3.8) is 0 Å². The van der Waals surface area contributed by atoms with E-state index in [2.05, 4.69) is 26.0 Å². The Bertz CT molecular complexity index is 781. The minimum Gasteiger partial charge on any atom is -0.366 e. The van der Waals surface area contributed by atoms with E-state index in [1.54, 1.807) is 23.0 Å². The highest BCUT2D eigenvalue weighted by Crippen LogP contribution is 2.23. The Morgan fingerprint density at radius 3 is 2.95 bits per heavy atom. The third kappa shape index (κ3) is 2.10. The molecule has 0 atom stereocenters. The van der Waals surface area contributed by atoms with Crippen molar-refractivity contribution in [1.82, 2.24) is 10.1 Å². The summed E-state index contributed by atoms with van der Waals surface area (Å²) in [5.41, 5.74) is 8.46. The summed E-state index contributed by atoms with van der Waals surface area (Å²) >= 11 is 3.48. The number of benzene rings is 1. The predicted molar refractivity (Wildman–Crippen MR) is 73.4 cm³/mol. The first-order chi connectivity index (χ1) is 9.15. The number of fused-ring (bicyclic) bond motifs is 1. The van der Waals surface area contributed by atoms with Gasteiger partial charge in [0.15, 0.2) is 0 Å². The maximum absolute atomic E-state index is 11.2. The van der Waals surface area contributed by atoms with Gasteiger partial charge in [0.25, 0.3) is 0 Å². The molecule has 0 radical (unpaired) electrons. The summed E-state index contributed by atoms with van der Waals surface area (Å²) in [6.07, 6.45) is 3.52. The van der Waals surface area contributed by atoms with Crippen LogP contribution in [0.4, 0.5) is 0 Å². The Labute approximate surface area is 117 Å². The Balaban J connectivity index is 2.18. The first kappa shape index (κ1) is 11.9. The molecule has 2 aromatic heterocycles. The average Bonchev–Trinajstić information content (AvgIpc) is 2.87. The van der Waals surface area contributed by atoms with E-state index in [9.17, 15) is 4.79 Å². The van der Waals surface area contributed by atoms with Gasteiger partial charge in [0.05, 0.1) is 0 Å². The number of hydrogen-bond donors (Lipinski definition) is 2. The lowest BCUT2D eigenvalue weighted by Gasteiger charge is -2.02. The lowest BCUT2D eigenvalue weighted by atomic mass is 10.0. The minimum absolute atomic E-state index is 0.434. The van der Waals surface area contributed by atoms with Crippen molar-refractivity contribution >= 4 is 27.5 Å². The second-order valence-electron chi connectivity index (χ2n) is 4.10. The predicted octanol–water partition coefficient (Wildman–Crippen LogP) is 1.68. The molecule has 0 saturated heterocycles. The van der Waals surface area contributed by atoms with Crippen LogP contribution in [0.3, 0.4) is 0 Å². The minimum atomic E-state index is -0.434. The molecular weight excluding hydrogens is 308 g/mol. The van der Waals surface area contributed by atoms with Crippen LogP contribution >= 0.6 is 15.9 Å². The van der Waals surface area contributed by atoms with Gasteiger partial charge in [0.2, 0.25) is 12.2 Å². The largest absolute Gasteiger partial charge is 0.366 e. The summed E-state index contributed by atoms with van der Waals surface area (Å²) in [6, 6.07) is 9.16. The molecule has 0 spiro atoms. The molecule has 0 saturated carbocycles. The Morgan fingerprint density at radius 2 is 2.16 bits per heavy atom. The normalized spacial score (nSPS) is 10.8. The van der Waals surface area contributed by atoms with Gasteiger partial charge >= 0.3 is 5.65 Å². The monoisotopic (exact) mass is 317 g/mol. The fourth-order valence-corrected chi connectivity index (χ4v) is 2.48. The number of nitrogens with two attached hydrogens (primary N) is 1. The molecular formula is C13H10BrN4O+. The molecule has 1 amide bonds. The van der Waals surface area contributed by atoms with Gasteiger partial charge < -0.3 is 5.73 Å². The molecule has 3 aromatic rings. The van der Waals surface area contributed by atoms with Crippen molar-refractivity contribution in [3.05, 3.63) is 52.9 Å². The summed E-state index contributed by atoms with van der Waals surface area (Å²) in [6.45, 7) is 0. The Kier molecular flexibility index (Phi) is 2.79. The molecule has 19 heavy (non-hydrogen) atoms. The fraction of sp³-hybridized carbons (Fsp3) is 0. The number of halogens is 1. The van der Waals surface area contributed by atoms with Crippen LogP contribution < -0.4 is 10.2 Å². The van der Waals surface area contributed by atoms with Crippen molar-refractivity contribution < 1.29 is 9.31 Å². The highest BCUT2D eigenvalue weighted by Gasteiger charge is 2.13. The number of aromatic amines is 1. The molecule has 0 fully saturated rings. The van der Waals surface area contributed by atoms with Crippen molar-refractivity contribution in [2.24, 2.45) is 5.73 Å². The van der Waals surface area contributed by atoms with Crippen molar-refractivity contribution in [2.75, 3.05) is 0 Å². The molecule has 0 aliphatic heterocycles. The number of nitrogens with one attached hydrogen (secondary N) is 1. The third-order valence-corrected chi connectivity index (χ3v) is 3.44. The number of H-pyrrole nitrogens is 1. The SMILES string of the molecule is NC(=O)c1cccc(-c2cc(Br)c3nc[nH][n+]3c2)c1. The molecule has 3 rings (SSSR count). The van der Waals surface area contributed by atoms with E-state index >= 15 is 0 Å². The summed E-state index contributed by atoms with van der Waals surface area (Å²) in [5.74, 6) is -0.434. The zero-order chi connectivity index (χ0) is 13.4. The van der Waals surface area contributed by atoms with Crippen LogP contribution in [0.5, 0.6) is 0 Å². The van der Waals surface area contributed by atoms with E-state index in [1.807, 2.05) is 24.4 Å². The number of nitrogens with zero attached hydrogens (tertiary/aromatic N) is 2. The molecule has 0 aliphatic carbocycles. The van der Waals surface area contributed by atoms with Crippen LogP contribution in [0.25, 0.3) is 16.8 Å².